The van der Waals surface area contributed by atoms with Crippen LogP contribution in [0.3, 0.4) is 0 Å². The molecule has 2 aromatic rings. The van der Waals surface area contributed by atoms with Crippen LogP contribution in [0.2, 0.25) is 0 Å². The van der Waals surface area contributed by atoms with Gasteiger partial charge in [-0.25, -0.2) is 0 Å². The van der Waals surface area contributed by atoms with Crippen LogP contribution in [0.25, 0.3) is 10.8 Å². The molecule has 0 bridgehead atoms. The topological polar surface area (TPSA) is 52.5 Å². The van der Waals surface area contributed by atoms with Crippen LogP contribution < -0.4 is 5.32 Å². The maximum Gasteiger partial charge on any atom is 0.0861 e. The first-order valence-electron chi connectivity index (χ1n) is 6.77. The third kappa shape index (κ3) is 3.96. The van der Waals surface area contributed by atoms with Crippen molar-refractivity contribution >= 4 is 22.5 Å². The number of hydrogen-bond acceptors (Lipinski definition) is 4. The van der Waals surface area contributed by atoms with Crippen molar-refractivity contribution in [3.05, 3.63) is 48.0 Å². The Balaban J connectivity index is 2.05. The molecule has 2 unspecified atom stereocenters. The SMILES string of the molecule is CNC(CSCC(O)CO)c1ccc2ccccc2c1. The van der Waals surface area contributed by atoms with E-state index in [1.807, 2.05) is 19.2 Å². The second kappa shape index (κ2) is 7.64. The molecule has 4 heteroatoms. The van der Waals surface area contributed by atoms with E-state index in [1.165, 1.54) is 16.3 Å². The predicted molar refractivity (Wildman–Crippen MR) is 86.2 cm³/mol. The number of benzene rings is 2. The first-order chi connectivity index (χ1) is 9.74. The second-order valence-corrected chi connectivity index (χ2v) is 5.90. The molecule has 2 atom stereocenters. The Labute approximate surface area is 124 Å². The lowest BCUT2D eigenvalue weighted by molar-refractivity contribution is 0.113. The molecule has 0 amide bonds. The summed E-state index contributed by atoms with van der Waals surface area (Å²) in [5.74, 6) is 1.42. The lowest BCUT2D eigenvalue weighted by Crippen LogP contribution is -2.21. The van der Waals surface area contributed by atoms with Gasteiger partial charge in [-0.3, -0.25) is 0 Å². The van der Waals surface area contributed by atoms with Crippen molar-refractivity contribution in [1.29, 1.82) is 0 Å². The van der Waals surface area contributed by atoms with Crippen LogP contribution in [0.4, 0.5) is 0 Å². The molecule has 0 aliphatic heterocycles. The fourth-order valence-electron chi connectivity index (χ4n) is 2.15. The highest BCUT2D eigenvalue weighted by Gasteiger charge is 2.11. The highest BCUT2D eigenvalue weighted by atomic mass is 32.2. The van der Waals surface area contributed by atoms with Gasteiger partial charge in [-0.2, -0.15) is 11.8 Å². The minimum Gasteiger partial charge on any atom is -0.394 e. The largest absolute Gasteiger partial charge is 0.394 e. The van der Waals surface area contributed by atoms with Gasteiger partial charge in [-0.05, 0) is 29.4 Å². The summed E-state index contributed by atoms with van der Waals surface area (Å²) < 4.78 is 0. The van der Waals surface area contributed by atoms with Gasteiger partial charge in [0.15, 0.2) is 0 Å². The van der Waals surface area contributed by atoms with Crippen molar-refractivity contribution in [2.24, 2.45) is 0 Å². The zero-order valence-corrected chi connectivity index (χ0v) is 12.4. The van der Waals surface area contributed by atoms with E-state index in [0.29, 0.717) is 5.75 Å². The minimum absolute atomic E-state index is 0.173. The number of fused-ring (bicyclic) bond motifs is 1. The van der Waals surface area contributed by atoms with Gasteiger partial charge >= 0.3 is 0 Å². The number of rotatable bonds is 7. The fraction of sp³-hybridized carbons (Fsp3) is 0.375. The Morgan fingerprint density at radius 1 is 1.10 bits per heavy atom. The Bertz CT molecular complexity index is 547. The molecule has 0 fully saturated rings. The zero-order chi connectivity index (χ0) is 14.4. The number of nitrogens with one attached hydrogen (secondary N) is 1. The first kappa shape index (κ1) is 15.3. The molecule has 0 saturated carbocycles. The Morgan fingerprint density at radius 3 is 2.55 bits per heavy atom. The maximum atomic E-state index is 9.36. The van der Waals surface area contributed by atoms with Crippen molar-refractivity contribution in [2.75, 3.05) is 25.2 Å². The summed E-state index contributed by atoms with van der Waals surface area (Å²) in [6.07, 6.45) is -0.630. The van der Waals surface area contributed by atoms with Crippen LogP contribution in [0.5, 0.6) is 0 Å². The highest BCUT2D eigenvalue weighted by Crippen LogP contribution is 2.23. The molecule has 0 radical (unpaired) electrons. The van der Waals surface area contributed by atoms with Gasteiger partial charge in [0.05, 0.1) is 12.7 Å². The van der Waals surface area contributed by atoms with E-state index >= 15 is 0 Å². The Kier molecular flexibility index (Phi) is 5.86. The van der Waals surface area contributed by atoms with Gasteiger partial charge in [0, 0.05) is 17.5 Å². The van der Waals surface area contributed by atoms with Gasteiger partial charge in [0.1, 0.15) is 0 Å². The predicted octanol–water partition coefficient (Wildman–Crippen LogP) is 2.19. The van der Waals surface area contributed by atoms with E-state index in [4.69, 9.17) is 5.11 Å². The van der Waals surface area contributed by atoms with Gasteiger partial charge in [0.2, 0.25) is 0 Å². The summed E-state index contributed by atoms with van der Waals surface area (Å²) in [7, 11) is 1.95. The monoisotopic (exact) mass is 291 g/mol. The fourth-order valence-corrected chi connectivity index (χ4v) is 3.25. The first-order valence-corrected chi connectivity index (χ1v) is 7.92. The van der Waals surface area contributed by atoms with Crippen LogP contribution in [0.1, 0.15) is 11.6 Å². The standard InChI is InChI=1S/C16H21NO2S/c1-17-16(11-20-10-15(19)9-18)14-7-6-12-4-2-3-5-13(12)8-14/h2-8,15-19H,9-11H2,1H3. The summed E-state index contributed by atoms with van der Waals surface area (Å²) in [6, 6.07) is 15.1. The van der Waals surface area contributed by atoms with Gasteiger partial charge in [0.25, 0.3) is 0 Å². The van der Waals surface area contributed by atoms with Gasteiger partial charge in [-0.1, -0.05) is 36.4 Å². The van der Waals surface area contributed by atoms with Crippen LogP contribution in [-0.4, -0.2) is 41.5 Å². The van der Waals surface area contributed by atoms with E-state index < -0.39 is 6.10 Å². The van der Waals surface area contributed by atoms with Crippen molar-refractivity contribution in [3.63, 3.8) is 0 Å². The molecule has 0 aliphatic carbocycles. The highest BCUT2D eigenvalue weighted by molar-refractivity contribution is 7.99. The van der Waals surface area contributed by atoms with Gasteiger partial charge in [-0.15, -0.1) is 0 Å². The molecule has 3 N–H and O–H groups in total. The molecule has 3 nitrogen and oxygen atoms in total. The van der Waals surface area contributed by atoms with Crippen molar-refractivity contribution in [2.45, 2.75) is 12.1 Å². The van der Waals surface area contributed by atoms with Crippen molar-refractivity contribution in [1.82, 2.24) is 5.32 Å². The molecule has 108 valence electrons. The molecule has 0 heterocycles. The summed E-state index contributed by atoms with van der Waals surface area (Å²) >= 11 is 1.65. The third-order valence-corrected chi connectivity index (χ3v) is 4.52. The minimum atomic E-state index is -0.630. The average Bonchev–Trinajstić information content (AvgIpc) is 2.51. The van der Waals surface area contributed by atoms with E-state index in [2.05, 4.69) is 35.6 Å². The molecule has 0 aromatic heterocycles. The van der Waals surface area contributed by atoms with E-state index in [0.717, 1.165) is 5.75 Å². The molecule has 2 rings (SSSR count). The van der Waals surface area contributed by atoms with Crippen molar-refractivity contribution < 1.29 is 10.2 Å². The third-order valence-electron chi connectivity index (χ3n) is 3.33. The Hall–Kier alpha value is -1.07. The van der Waals surface area contributed by atoms with Gasteiger partial charge < -0.3 is 15.5 Å². The van der Waals surface area contributed by atoms with Crippen LogP contribution in [0.15, 0.2) is 42.5 Å². The molecule has 0 saturated heterocycles. The number of aliphatic hydroxyl groups excluding tert-OH is 2. The van der Waals surface area contributed by atoms with Crippen LogP contribution in [0, 0.1) is 0 Å². The number of thioether (sulfide) groups is 1. The molecule has 0 spiro atoms. The molecular formula is C16H21NO2S. The number of hydrogen-bond donors (Lipinski definition) is 3. The summed E-state index contributed by atoms with van der Waals surface area (Å²) in [4.78, 5) is 0. The smallest absolute Gasteiger partial charge is 0.0861 e. The molecule has 2 aromatic carbocycles. The molecular weight excluding hydrogens is 270 g/mol. The lowest BCUT2D eigenvalue weighted by Gasteiger charge is -2.17. The lowest BCUT2D eigenvalue weighted by atomic mass is 10.0. The Morgan fingerprint density at radius 2 is 1.85 bits per heavy atom. The second-order valence-electron chi connectivity index (χ2n) is 4.82. The van der Waals surface area contributed by atoms with E-state index in [1.54, 1.807) is 11.8 Å². The summed E-state index contributed by atoms with van der Waals surface area (Å²) in [6.45, 7) is -0.173. The molecule has 0 aliphatic rings. The van der Waals surface area contributed by atoms with E-state index in [-0.39, 0.29) is 12.6 Å². The normalized spacial score (nSPS) is 14.3. The number of aliphatic hydroxyl groups is 2. The quantitative estimate of drug-likeness (QED) is 0.732. The van der Waals surface area contributed by atoms with Crippen LogP contribution >= 0.6 is 11.8 Å². The van der Waals surface area contributed by atoms with E-state index in [9.17, 15) is 5.11 Å². The summed E-state index contributed by atoms with van der Waals surface area (Å²) in [5, 5.41) is 24.0. The van der Waals surface area contributed by atoms with Crippen LogP contribution in [-0.2, 0) is 0 Å². The zero-order valence-electron chi connectivity index (χ0n) is 11.6. The summed E-state index contributed by atoms with van der Waals surface area (Å²) in [5.41, 5.74) is 1.25. The molecule has 20 heavy (non-hydrogen) atoms. The average molecular weight is 291 g/mol. The van der Waals surface area contributed by atoms with Crippen molar-refractivity contribution in [3.8, 4) is 0 Å². The maximum absolute atomic E-state index is 9.36.